The molecule has 1 aromatic carbocycles. The average molecular weight is 306 g/mol. The summed E-state index contributed by atoms with van der Waals surface area (Å²) in [5.74, 6) is 0.630. The first-order valence-corrected chi connectivity index (χ1v) is 8.94. The van der Waals surface area contributed by atoms with E-state index < -0.39 is 0 Å². The number of benzene rings is 1. The Morgan fingerprint density at radius 1 is 1.33 bits per heavy atom. The predicted molar refractivity (Wildman–Crippen MR) is 89.5 cm³/mol. The van der Waals surface area contributed by atoms with E-state index in [4.69, 9.17) is 0 Å². The summed E-state index contributed by atoms with van der Waals surface area (Å²) in [6, 6.07) is 9.52. The monoisotopic (exact) mass is 306 g/mol. The fraction of sp³-hybridized carbons (Fsp3) is 0.588. The average Bonchev–Trinajstić information content (AvgIpc) is 3.33. The highest BCUT2D eigenvalue weighted by Crippen LogP contribution is 2.21. The van der Waals surface area contributed by atoms with Crippen molar-refractivity contribution in [2.45, 2.75) is 63.1 Å². The summed E-state index contributed by atoms with van der Waals surface area (Å²) >= 11 is 1.62. The fourth-order valence-electron chi connectivity index (χ4n) is 2.21. The lowest BCUT2D eigenvalue weighted by molar-refractivity contribution is -0.119. The van der Waals surface area contributed by atoms with Gasteiger partial charge in [-0.2, -0.15) is 0 Å². The van der Waals surface area contributed by atoms with Crippen LogP contribution in [0.4, 0.5) is 0 Å². The van der Waals surface area contributed by atoms with E-state index >= 15 is 0 Å². The van der Waals surface area contributed by atoms with Crippen LogP contribution in [0.2, 0.25) is 0 Å². The highest BCUT2D eigenvalue weighted by molar-refractivity contribution is 8.00. The fourth-order valence-corrected chi connectivity index (χ4v) is 3.00. The Morgan fingerprint density at radius 2 is 2.10 bits per heavy atom. The Labute approximate surface area is 132 Å². The predicted octanol–water partition coefficient (Wildman–Crippen LogP) is 3.34. The Hall–Kier alpha value is -1.00. The van der Waals surface area contributed by atoms with Crippen molar-refractivity contribution in [3.63, 3.8) is 0 Å². The number of hydrogen-bond donors (Lipinski definition) is 2. The summed E-state index contributed by atoms with van der Waals surface area (Å²) in [4.78, 5) is 13.1. The van der Waals surface area contributed by atoms with E-state index in [2.05, 4.69) is 48.7 Å². The Balaban J connectivity index is 1.76. The molecule has 0 heterocycles. The summed E-state index contributed by atoms with van der Waals surface area (Å²) in [6.07, 6.45) is 4.61. The van der Waals surface area contributed by atoms with Gasteiger partial charge in [0.05, 0.1) is 5.75 Å². The van der Waals surface area contributed by atoms with Crippen molar-refractivity contribution < 1.29 is 4.79 Å². The van der Waals surface area contributed by atoms with Gasteiger partial charge in [0.1, 0.15) is 0 Å². The number of rotatable bonds is 9. The molecule has 4 heteroatoms. The van der Waals surface area contributed by atoms with Crippen LogP contribution >= 0.6 is 11.8 Å². The van der Waals surface area contributed by atoms with Gasteiger partial charge in [-0.3, -0.25) is 4.79 Å². The highest BCUT2D eigenvalue weighted by Gasteiger charge is 2.19. The number of carbonyl (C=O) groups is 1. The van der Waals surface area contributed by atoms with Gasteiger partial charge in [0.2, 0.25) is 5.91 Å². The lowest BCUT2D eigenvalue weighted by Crippen LogP contribution is -2.34. The Kier molecular flexibility index (Phi) is 6.58. The molecule has 1 aliphatic rings. The van der Waals surface area contributed by atoms with Gasteiger partial charge >= 0.3 is 0 Å². The highest BCUT2D eigenvalue weighted by atomic mass is 32.2. The van der Waals surface area contributed by atoms with Crippen molar-refractivity contribution >= 4 is 17.7 Å². The molecule has 1 aliphatic carbocycles. The molecular formula is C17H26N2OS. The maximum Gasteiger partial charge on any atom is 0.230 e. The Morgan fingerprint density at radius 3 is 2.76 bits per heavy atom. The van der Waals surface area contributed by atoms with Crippen LogP contribution in [0.25, 0.3) is 0 Å². The summed E-state index contributed by atoms with van der Waals surface area (Å²) in [7, 11) is 0. The van der Waals surface area contributed by atoms with E-state index in [-0.39, 0.29) is 5.91 Å². The first-order valence-electron chi connectivity index (χ1n) is 7.95. The van der Waals surface area contributed by atoms with Crippen LogP contribution in [0.1, 0.15) is 45.1 Å². The van der Waals surface area contributed by atoms with Crippen LogP contribution in [-0.2, 0) is 11.3 Å². The number of hydrogen-bond acceptors (Lipinski definition) is 3. The van der Waals surface area contributed by atoms with Gasteiger partial charge in [-0.1, -0.05) is 26.0 Å². The number of carbonyl (C=O) groups excluding carboxylic acids is 1. The molecule has 1 aromatic rings. The van der Waals surface area contributed by atoms with E-state index in [9.17, 15) is 4.79 Å². The number of nitrogens with one attached hydrogen (secondary N) is 2. The molecule has 0 aliphatic heterocycles. The molecule has 1 fully saturated rings. The van der Waals surface area contributed by atoms with Crippen LogP contribution in [0.5, 0.6) is 0 Å². The molecule has 0 atom stereocenters. The van der Waals surface area contributed by atoms with Crippen LogP contribution in [-0.4, -0.2) is 23.7 Å². The molecule has 0 saturated heterocycles. The summed E-state index contributed by atoms with van der Waals surface area (Å²) in [6.45, 7) is 5.15. The molecule has 2 N–H and O–H groups in total. The van der Waals surface area contributed by atoms with Crippen LogP contribution in [0.15, 0.2) is 29.2 Å². The van der Waals surface area contributed by atoms with Crippen molar-refractivity contribution in [1.82, 2.24) is 10.6 Å². The summed E-state index contributed by atoms with van der Waals surface area (Å²) in [5, 5.41) is 6.60. The van der Waals surface area contributed by atoms with E-state index in [1.807, 2.05) is 0 Å². The molecule has 21 heavy (non-hydrogen) atoms. The zero-order chi connectivity index (χ0) is 15.1. The number of amides is 1. The van der Waals surface area contributed by atoms with Gasteiger partial charge in [-0.15, -0.1) is 11.8 Å². The third-order valence-electron chi connectivity index (χ3n) is 3.79. The van der Waals surface area contributed by atoms with Gasteiger partial charge in [0.15, 0.2) is 0 Å². The molecule has 0 bridgehead atoms. The van der Waals surface area contributed by atoms with Crippen molar-refractivity contribution in [2.24, 2.45) is 0 Å². The summed E-state index contributed by atoms with van der Waals surface area (Å²) < 4.78 is 0. The molecule has 0 aromatic heterocycles. The molecule has 1 saturated carbocycles. The van der Waals surface area contributed by atoms with Crippen molar-refractivity contribution in [3.8, 4) is 0 Å². The van der Waals surface area contributed by atoms with Gasteiger partial charge in [0.25, 0.3) is 0 Å². The molecule has 0 spiro atoms. The van der Waals surface area contributed by atoms with Gasteiger partial charge < -0.3 is 10.6 Å². The second kappa shape index (κ2) is 8.44. The van der Waals surface area contributed by atoms with E-state index in [1.165, 1.54) is 23.3 Å². The van der Waals surface area contributed by atoms with Gasteiger partial charge in [-0.25, -0.2) is 0 Å². The van der Waals surface area contributed by atoms with Crippen molar-refractivity contribution in [2.75, 3.05) is 5.75 Å². The quantitative estimate of drug-likeness (QED) is 0.688. The SMILES string of the molecule is CCC(CC)NC(=O)CSc1cccc(CNC2CC2)c1. The molecule has 3 nitrogen and oxygen atoms in total. The zero-order valence-electron chi connectivity index (χ0n) is 13.0. The molecule has 0 unspecified atom stereocenters. The molecule has 2 rings (SSSR count). The zero-order valence-corrected chi connectivity index (χ0v) is 13.8. The van der Waals surface area contributed by atoms with Crippen molar-refractivity contribution in [1.29, 1.82) is 0 Å². The minimum Gasteiger partial charge on any atom is -0.353 e. The largest absolute Gasteiger partial charge is 0.353 e. The maximum absolute atomic E-state index is 11.9. The minimum atomic E-state index is 0.134. The molecule has 116 valence electrons. The molecule has 1 amide bonds. The smallest absolute Gasteiger partial charge is 0.230 e. The summed E-state index contributed by atoms with van der Waals surface area (Å²) in [5.41, 5.74) is 1.30. The van der Waals surface area contributed by atoms with E-state index in [1.54, 1.807) is 11.8 Å². The standard InChI is InChI=1S/C17H26N2OS/c1-3-14(4-2)19-17(20)12-21-16-7-5-6-13(10-16)11-18-15-8-9-15/h5-7,10,14-15,18H,3-4,8-9,11-12H2,1-2H3,(H,19,20). The van der Waals surface area contributed by atoms with Gasteiger partial charge in [-0.05, 0) is 43.4 Å². The third kappa shape index (κ3) is 6.10. The van der Waals surface area contributed by atoms with E-state index in [0.717, 1.165) is 25.4 Å². The van der Waals surface area contributed by atoms with Gasteiger partial charge in [0, 0.05) is 23.5 Å². The third-order valence-corrected chi connectivity index (χ3v) is 4.79. The van der Waals surface area contributed by atoms with Crippen molar-refractivity contribution in [3.05, 3.63) is 29.8 Å². The topological polar surface area (TPSA) is 41.1 Å². The van der Waals surface area contributed by atoms with Crippen LogP contribution < -0.4 is 10.6 Å². The maximum atomic E-state index is 11.9. The normalized spacial score (nSPS) is 14.4. The lowest BCUT2D eigenvalue weighted by Gasteiger charge is -2.14. The molecular weight excluding hydrogens is 280 g/mol. The second-order valence-corrected chi connectivity index (χ2v) is 6.72. The first-order chi connectivity index (χ1) is 10.2. The van der Waals surface area contributed by atoms with E-state index in [0.29, 0.717) is 11.8 Å². The minimum absolute atomic E-state index is 0.134. The second-order valence-electron chi connectivity index (χ2n) is 5.67. The van der Waals surface area contributed by atoms with Crippen LogP contribution in [0, 0.1) is 0 Å². The Bertz CT molecular complexity index is 456. The molecule has 0 radical (unpaired) electrons. The van der Waals surface area contributed by atoms with Crippen LogP contribution in [0.3, 0.4) is 0 Å². The lowest BCUT2D eigenvalue weighted by atomic mass is 10.2. The number of thioether (sulfide) groups is 1. The first kappa shape index (κ1) is 16.4.